The second kappa shape index (κ2) is 9.79. The third-order valence-electron chi connectivity index (χ3n) is 2.16. The molecular formula is C12H21N3O5. The van der Waals surface area contributed by atoms with E-state index in [2.05, 4.69) is 17.2 Å². The van der Waals surface area contributed by atoms with Crippen LogP contribution in [0.15, 0.2) is 12.2 Å². The molecule has 0 aromatic carbocycles. The minimum absolute atomic E-state index is 0.0513. The molecule has 0 bridgehead atoms. The Balaban J connectivity index is 3.92. The van der Waals surface area contributed by atoms with Gasteiger partial charge in [-0.05, 0) is 13.3 Å². The normalized spacial score (nSPS) is 11.4. The highest BCUT2D eigenvalue weighted by molar-refractivity contribution is 5.83. The maximum Gasteiger partial charge on any atom is 0.326 e. The molecule has 0 saturated carbocycles. The lowest BCUT2D eigenvalue weighted by molar-refractivity contribution is -0.139. The zero-order valence-electron chi connectivity index (χ0n) is 11.5. The number of ether oxygens (including phenoxy) is 1. The number of carboxylic acids is 1. The first kappa shape index (κ1) is 17.9. The van der Waals surface area contributed by atoms with E-state index in [-0.39, 0.29) is 19.4 Å². The van der Waals surface area contributed by atoms with E-state index in [4.69, 9.17) is 15.6 Å². The van der Waals surface area contributed by atoms with Crippen molar-refractivity contribution in [3.8, 4) is 0 Å². The van der Waals surface area contributed by atoms with Gasteiger partial charge >= 0.3 is 12.0 Å². The van der Waals surface area contributed by atoms with Crippen LogP contribution in [0.4, 0.5) is 4.79 Å². The SMILES string of the molecule is C=C(C)COCCNC(=O)N[C@@H](CCC(N)=O)C(=O)O. The molecule has 0 aliphatic rings. The number of rotatable bonds is 10. The van der Waals surface area contributed by atoms with Crippen molar-refractivity contribution in [2.45, 2.75) is 25.8 Å². The second-order valence-corrected chi connectivity index (χ2v) is 4.31. The molecule has 5 N–H and O–H groups in total. The first-order valence-electron chi connectivity index (χ1n) is 6.10. The molecule has 0 unspecified atom stereocenters. The highest BCUT2D eigenvalue weighted by atomic mass is 16.5. The Kier molecular flexibility index (Phi) is 8.77. The number of aliphatic carboxylic acids is 1. The van der Waals surface area contributed by atoms with Gasteiger partial charge in [-0.15, -0.1) is 0 Å². The van der Waals surface area contributed by atoms with Crippen LogP contribution in [0.5, 0.6) is 0 Å². The van der Waals surface area contributed by atoms with Crippen LogP contribution in [0.25, 0.3) is 0 Å². The predicted molar refractivity (Wildman–Crippen MR) is 72.0 cm³/mol. The summed E-state index contributed by atoms with van der Waals surface area (Å²) in [7, 11) is 0. The standard InChI is InChI=1S/C12H21N3O5/c1-8(2)7-20-6-5-14-12(19)15-9(11(17)18)3-4-10(13)16/h9H,1,3-7H2,2H3,(H2,13,16)(H,17,18)(H2,14,15,19)/t9-/m0/s1. The van der Waals surface area contributed by atoms with Gasteiger partial charge in [-0.3, -0.25) is 4.79 Å². The Morgan fingerprint density at radius 2 is 2.05 bits per heavy atom. The third-order valence-corrected chi connectivity index (χ3v) is 2.16. The Bertz CT molecular complexity index is 370. The number of amides is 3. The average Bonchev–Trinajstić information content (AvgIpc) is 2.32. The zero-order chi connectivity index (χ0) is 15.5. The third kappa shape index (κ3) is 9.89. The summed E-state index contributed by atoms with van der Waals surface area (Å²) in [6.07, 6.45) is -0.163. The molecule has 0 rings (SSSR count). The molecule has 114 valence electrons. The summed E-state index contributed by atoms with van der Waals surface area (Å²) in [4.78, 5) is 32.9. The molecule has 0 radical (unpaired) electrons. The van der Waals surface area contributed by atoms with Gasteiger partial charge in [0.25, 0.3) is 0 Å². The maximum atomic E-state index is 11.4. The highest BCUT2D eigenvalue weighted by Gasteiger charge is 2.20. The van der Waals surface area contributed by atoms with Crippen LogP contribution in [0.1, 0.15) is 19.8 Å². The van der Waals surface area contributed by atoms with Crippen LogP contribution >= 0.6 is 0 Å². The lowest BCUT2D eigenvalue weighted by Crippen LogP contribution is -2.47. The lowest BCUT2D eigenvalue weighted by Gasteiger charge is -2.14. The van der Waals surface area contributed by atoms with E-state index < -0.39 is 23.9 Å². The van der Waals surface area contributed by atoms with E-state index in [1.54, 1.807) is 0 Å². The van der Waals surface area contributed by atoms with Crippen molar-refractivity contribution in [2.75, 3.05) is 19.8 Å². The largest absolute Gasteiger partial charge is 0.480 e. The fourth-order valence-electron chi connectivity index (χ4n) is 1.24. The zero-order valence-corrected chi connectivity index (χ0v) is 11.5. The second-order valence-electron chi connectivity index (χ2n) is 4.31. The van der Waals surface area contributed by atoms with E-state index in [0.29, 0.717) is 13.2 Å². The van der Waals surface area contributed by atoms with Crippen molar-refractivity contribution in [2.24, 2.45) is 5.73 Å². The molecule has 0 aliphatic carbocycles. The van der Waals surface area contributed by atoms with Gasteiger partial charge in [-0.25, -0.2) is 9.59 Å². The Morgan fingerprint density at radius 3 is 2.55 bits per heavy atom. The molecule has 3 amide bonds. The first-order valence-corrected chi connectivity index (χ1v) is 6.10. The molecule has 0 fully saturated rings. The Hall–Kier alpha value is -2.09. The quantitative estimate of drug-likeness (QED) is 0.321. The summed E-state index contributed by atoms with van der Waals surface area (Å²) in [6, 6.07) is -1.79. The van der Waals surface area contributed by atoms with Gasteiger partial charge in [-0.1, -0.05) is 12.2 Å². The van der Waals surface area contributed by atoms with E-state index in [1.165, 1.54) is 0 Å². The minimum atomic E-state index is -1.22. The van der Waals surface area contributed by atoms with Crippen molar-refractivity contribution in [1.82, 2.24) is 10.6 Å². The molecule has 0 aromatic rings. The molecule has 0 spiro atoms. The minimum Gasteiger partial charge on any atom is -0.480 e. The molecule has 1 atom stereocenters. The van der Waals surface area contributed by atoms with Crippen molar-refractivity contribution >= 4 is 17.9 Å². The van der Waals surface area contributed by atoms with Crippen LogP contribution in [-0.4, -0.2) is 48.8 Å². The van der Waals surface area contributed by atoms with E-state index in [0.717, 1.165) is 5.57 Å². The van der Waals surface area contributed by atoms with E-state index in [1.807, 2.05) is 6.92 Å². The first-order chi connectivity index (χ1) is 9.32. The molecule has 0 aliphatic heterocycles. The maximum absolute atomic E-state index is 11.4. The average molecular weight is 287 g/mol. The number of urea groups is 1. The molecule has 8 heteroatoms. The number of carbonyl (C=O) groups is 3. The number of primary amides is 1. The van der Waals surface area contributed by atoms with Gasteiger partial charge in [0.1, 0.15) is 6.04 Å². The number of nitrogens with one attached hydrogen (secondary N) is 2. The van der Waals surface area contributed by atoms with Crippen LogP contribution in [-0.2, 0) is 14.3 Å². The van der Waals surface area contributed by atoms with Crippen molar-refractivity contribution in [3.05, 3.63) is 12.2 Å². The van der Waals surface area contributed by atoms with Gasteiger partial charge < -0.3 is 26.2 Å². The van der Waals surface area contributed by atoms with Crippen molar-refractivity contribution in [1.29, 1.82) is 0 Å². The van der Waals surface area contributed by atoms with Crippen molar-refractivity contribution in [3.63, 3.8) is 0 Å². The van der Waals surface area contributed by atoms with Gasteiger partial charge in [0.15, 0.2) is 0 Å². The van der Waals surface area contributed by atoms with Crippen LogP contribution in [0.2, 0.25) is 0 Å². The molecular weight excluding hydrogens is 266 g/mol. The topological polar surface area (TPSA) is 131 Å². The lowest BCUT2D eigenvalue weighted by atomic mass is 10.1. The van der Waals surface area contributed by atoms with E-state index >= 15 is 0 Å². The summed E-state index contributed by atoms with van der Waals surface area (Å²) in [5.41, 5.74) is 5.79. The number of hydrogen-bond donors (Lipinski definition) is 4. The summed E-state index contributed by atoms with van der Waals surface area (Å²) in [6.45, 7) is 6.40. The Morgan fingerprint density at radius 1 is 1.40 bits per heavy atom. The number of carbonyl (C=O) groups excluding carboxylic acids is 2. The van der Waals surface area contributed by atoms with E-state index in [9.17, 15) is 14.4 Å². The predicted octanol–water partition coefficient (Wildman–Crippen LogP) is -0.403. The smallest absolute Gasteiger partial charge is 0.326 e. The monoisotopic (exact) mass is 287 g/mol. The summed E-state index contributed by atoms with van der Waals surface area (Å²) in [5.74, 6) is -1.84. The fraction of sp³-hybridized carbons (Fsp3) is 0.583. The summed E-state index contributed by atoms with van der Waals surface area (Å²) >= 11 is 0. The van der Waals surface area contributed by atoms with Gasteiger partial charge in [-0.2, -0.15) is 0 Å². The number of hydrogen-bond acceptors (Lipinski definition) is 4. The highest BCUT2D eigenvalue weighted by Crippen LogP contribution is 1.97. The van der Waals surface area contributed by atoms with Gasteiger partial charge in [0, 0.05) is 13.0 Å². The van der Waals surface area contributed by atoms with Crippen molar-refractivity contribution < 1.29 is 24.2 Å². The fourth-order valence-corrected chi connectivity index (χ4v) is 1.24. The van der Waals surface area contributed by atoms with Crippen LogP contribution in [0.3, 0.4) is 0 Å². The summed E-state index contributed by atoms with van der Waals surface area (Å²) in [5, 5.41) is 13.6. The molecule has 0 heterocycles. The van der Waals surface area contributed by atoms with Gasteiger partial charge in [0.05, 0.1) is 13.2 Å². The van der Waals surface area contributed by atoms with Crippen LogP contribution < -0.4 is 16.4 Å². The number of carboxylic acid groups (broad SMARTS) is 1. The Labute approximate surface area is 117 Å². The molecule has 0 aromatic heterocycles. The van der Waals surface area contributed by atoms with Gasteiger partial charge in [0.2, 0.25) is 5.91 Å². The summed E-state index contributed by atoms with van der Waals surface area (Å²) < 4.78 is 5.16. The van der Waals surface area contributed by atoms with Crippen LogP contribution in [0, 0.1) is 0 Å². The number of nitrogens with two attached hydrogens (primary N) is 1. The molecule has 20 heavy (non-hydrogen) atoms. The molecule has 8 nitrogen and oxygen atoms in total. The molecule has 0 saturated heterocycles.